The number of carboxylic acid groups (broad SMARTS) is 2. The van der Waals surface area contributed by atoms with Crippen LogP contribution >= 0.6 is 0 Å². The molecule has 99 heavy (non-hydrogen) atoms. The minimum Gasteiger partial charge on any atom is -0.481 e. The lowest BCUT2D eigenvalue weighted by Crippen LogP contribution is -2.48. The SMILES string of the molecule is CC#CC(CC(=O)O)c1ccc(=O)[nH]c1.CC#CC(CC(=O)O)c1ccc(OC)nc1.CC#CC(CC(=O)OCC)c1ccc(=O)[nH]c1.CC#CC(c1ccc(OC)nc1)C1C(=O)OC(C)(C)OC1=O.COc1ccc(C=C2C(=O)OC(C)(C)OC2=O)cn1.COc1ccc(C=O)cn1. The van der Waals surface area contributed by atoms with Gasteiger partial charge in [-0.15, -0.1) is 23.7 Å². The van der Waals surface area contributed by atoms with Crippen molar-refractivity contribution in [1.82, 2.24) is 29.9 Å². The smallest absolute Gasteiger partial charge is 0.348 e. The van der Waals surface area contributed by atoms with E-state index in [0.717, 1.165) is 17.4 Å². The first-order chi connectivity index (χ1) is 47.1. The van der Waals surface area contributed by atoms with E-state index in [0.29, 0.717) is 52.4 Å². The maximum absolute atomic E-state index is 12.2. The second-order valence-electron chi connectivity index (χ2n) is 21.0. The molecule has 0 aliphatic carbocycles. The highest BCUT2D eigenvalue weighted by Gasteiger charge is 2.47. The summed E-state index contributed by atoms with van der Waals surface area (Å²) in [6.45, 7) is 14.8. The van der Waals surface area contributed by atoms with E-state index in [-0.39, 0.29) is 59.7 Å². The Morgan fingerprint density at radius 2 is 0.889 bits per heavy atom. The fraction of sp³-hybridized carbons (Fsp3) is 0.333. The first-order valence-electron chi connectivity index (χ1n) is 29.9. The number of carboxylic acids is 2. The van der Waals surface area contributed by atoms with E-state index in [4.69, 9.17) is 52.8 Å². The van der Waals surface area contributed by atoms with Gasteiger partial charge in [-0.3, -0.25) is 38.4 Å². The van der Waals surface area contributed by atoms with Crippen molar-refractivity contribution in [3.63, 3.8) is 0 Å². The van der Waals surface area contributed by atoms with Gasteiger partial charge in [-0.05, 0) is 80.6 Å². The van der Waals surface area contributed by atoms with Crippen LogP contribution in [0.1, 0.15) is 143 Å². The van der Waals surface area contributed by atoms with Gasteiger partial charge in [0, 0.05) is 107 Å². The third kappa shape index (κ3) is 28.6. The summed E-state index contributed by atoms with van der Waals surface area (Å²) in [4.78, 5) is 133. The molecule has 27 heteroatoms. The molecule has 8 rings (SSSR count). The van der Waals surface area contributed by atoms with Crippen molar-refractivity contribution < 1.29 is 91.2 Å². The van der Waals surface area contributed by atoms with E-state index < -0.39 is 59.2 Å². The van der Waals surface area contributed by atoms with Gasteiger partial charge in [0.25, 0.3) is 11.6 Å². The van der Waals surface area contributed by atoms with Crippen LogP contribution in [-0.2, 0) is 57.2 Å². The van der Waals surface area contributed by atoms with Gasteiger partial charge >= 0.3 is 41.8 Å². The summed E-state index contributed by atoms with van der Waals surface area (Å²) in [6, 6.07) is 19.5. The van der Waals surface area contributed by atoms with Crippen LogP contribution in [0.2, 0.25) is 0 Å². The van der Waals surface area contributed by atoms with Crippen molar-refractivity contribution in [2.45, 2.75) is 117 Å². The average molecular weight is 1360 g/mol. The number of pyridine rings is 6. The lowest BCUT2D eigenvalue weighted by molar-refractivity contribution is -0.240. The molecule has 4 atom stereocenters. The number of aromatic nitrogens is 6. The Balaban J connectivity index is 0.000000313. The maximum atomic E-state index is 12.2. The van der Waals surface area contributed by atoms with Gasteiger partial charge in [-0.2, -0.15) is 0 Å². The number of methoxy groups -OCH3 is 4. The molecule has 2 saturated heterocycles. The van der Waals surface area contributed by atoms with E-state index in [2.05, 4.69) is 77.3 Å². The molecule has 6 aromatic heterocycles. The minimum atomic E-state index is -1.26. The summed E-state index contributed by atoms with van der Waals surface area (Å²) in [6.07, 6.45) is 11.4. The van der Waals surface area contributed by atoms with Crippen LogP contribution in [0.25, 0.3) is 6.08 Å². The molecule has 0 saturated carbocycles. The van der Waals surface area contributed by atoms with Crippen LogP contribution in [0, 0.1) is 53.3 Å². The molecule has 2 aliphatic heterocycles. The minimum absolute atomic E-state index is 0.0190. The Morgan fingerprint density at radius 3 is 1.23 bits per heavy atom. The fourth-order valence-electron chi connectivity index (χ4n) is 8.35. The lowest BCUT2D eigenvalue weighted by Gasteiger charge is -2.34. The molecule has 0 amide bonds. The van der Waals surface area contributed by atoms with Crippen LogP contribution in [0.4, 0.5) is 0 Å². The number of hydrogen-bond donors (Lipinski definition) is 4. The molecule has 6 aromatic rings. The summed E-state index contributed by atoms with van der Waals surface area (Å²) in [7, 11) is 6.06. The average Bonchev–Trinajstić information content (AvgIpc) is 0.795. The number of esters is 5. The van der Waals surface area contributed by atoms with Crippen LogP contribution in [-0.4, -0.2) is 135 Å². The van der Waals surface area contributed by atoms with E-state index in [1.807, 2.05) is 0 Å². The summed E-state index contributed by atoms with van der Waals surface area (Å²) in [5.41, 5.74) is 3.52. The van der Waals surface area contributed by atoms with Crippen molar-refractivity contribution in [3.05, 3.63) is 170 Å². The number of carbonyl (C=O) groups is 8. The number of rotatable bonds is 18. The molecule has 0 aromatic carbocycles. The van der Waals surface area contributed by atoms with Crippen molar-refractivity contribution in [2.75, 3.05) is 35.0 Å². The summed E-state index contributed by atoms with van der Waals surface area (Å²) in [5.74, 6) is 14.2. The first-order valence-corrected chi connectivity index (χ1v) is 29.9. The molecule has 2 fully saturated rings. The third-order valence-corrected chi connectivity index (χ3v) is 12.8. The Hall–Kier alpha value is -12.4. The number of nitrogens with zero attached hydrogens (tertiary/aromatic N) is 4. The van der Waals surface area contributed by atoms with Crippen LogP contribution < -0.4 is 30.1 Å². The van der Waals surface area contributed by atoms with Gasteiger partial charge in [-0.1, -0.05) is 47.9 Å². The third-order valence-electron chi connectivity index (χ3n) is 12.8. The number of H-pyrrole nitrogens is 2. The summed E-state index contributed by atoms with van der Waals surface area (Å²) < 4.78 is 44.8. The van der Waals surface area contributed by atoms with Gasteiger partial charge in [0.1, 0.15) is 5.57 Å². The zero-order valence-electron chi connectivity index (χ0n) is 56.7. The maximum Gasteiger partial charge on any atom is 0.348 e. The second-order valence-corrected chi connectivity index (χ2v) is 21.0. The Labute approximate surface area is 571 Å². The van der Waals surface area contributed by atoms with Crippen molar-refractivity contribution in [1.29, 1.82) is 0 Å². The number of aliphatic carboxylic acids is 2. The lowest BCUT2D eigenvalue weighted by atomic mass is 9.86. The number of nitrogens with one attached hydrogen (secondary N) is 2. The Bertz CT molecular complexity index is 4050. The predicted octanol–water partition coefficient (Wildman–Crippen LogP) is 7.93. The predicted molar refractivity (Wildman–Crippen MR) is 357 cm³/mol. The highest BCUT2D eigenvalue weighted by molar-refractivity contribution is 6.18. The van der Waals surface area contributed by atoms with Crippen molar-refractivity contribution in [3.8, 4) is 70.9 Å². The Morgan fingerprint density at radius 1 is 0.515 bits per heavy atom. The number of carbonyl (C=O) groups excluding carboxylic acids is 6. The van der Waals surface area contributed by atoms with Crippen molar-refractivity contribution in [2.24, 2.45) is 5.92 Å². The van der Waals surface area contributed by atoms with E-state index in [1.54, 1.807) is 108 Å². The van der Waals surface area contributed by atoms with E-state index in [9.17, 15) is 47.9 Å². The molecule has 0 radical (unpaired) electrons. The highest BCUT2D eigenvalue weighted by atomic mass is 16.8. The van der Waals surface area contributed by atoms with E-state index >= 15 is 0 Å². The fourth-order valence-corrected chi connectivity index (χ4v) is 8.35. The molecule has 27 nitrogen and oxygen atoms in total. The number of cyclic esters (lactones) is 4. The molecular weight excluding hydrogens is 1280 g/mol. The van der Waals surface area contributed by atoms with Gasteiger partial charge in [0.2, 0.25) is 34.6 Å². The summed E-state index contributed by atoms with van der Waals surface area (Å²) >= 11 is 0. The Kier molecular flexibility index (Phi) is 33.9. The monoisotopic (exact) mass is 1360 g/mol. The number of aromatic amines is 2. The number of ether oxygens (including phenoxy) is 9. The molecule has 2 aliphatic rings. The number of hydrogen-bond acceptors (Lipinski definition) is 23. The molecular formula is C72H76N6O21. The molecule has 4 N–H and O–H groups in total. The summed E-state index contributed by atoms with van der Waals surface area (Å²) in [5, 5.41) is 17.4. The van der Waals surface area contributed by atoms with Crippen molar-refractivity contribution >= 4 is 54.1 Å². The standard InChI is InChI=1S/C16H17NO5.C13H13NO5.C13H15NO3.C12H13NO3.C11H11NO3.C7H7NO2/c1-5-6-11(10-7-8-12(20-4)17-9-10)13-14(18)21-16(2,3)22-15(13)19;1-13(2)18-11(15)9(12(16)19-13)6-8-4-5-10(17-3)14-7-8;1-3-5-10(8-13(16)17-4-2)11-6-7-12(15)14-9-11;1-3-4-9(7-12(14)15)10-5-6-11(16-2)13-8-10;1-2-3-8(6-11(14)15)9-4-5-10(13)12-7-9;1-10-7-3-2-6(5-9)4-8-7/h7-9,11,13H,1-4H3;4-7H,1-3H3;6-7,9-10H,4,8H2,1-2H3,(H,14,15);5-6,8-9H,7H2,1-2H3,(H,14,15);4-5,7-8H,6H2,1H3,(H,12,13)(H,14,15);2-5H,1H3. The van der Waals surface area contributed by atoms with Crippen LogP contribution in [0.5, 0.6) is 23.5 Å². The molecule has 520 valence electrons. The topological polar surface area (TPSA) is 377 Å². The van der Waals surface area contributed by atoms with E-state index in [1.165, 1.54) is 99.1 Å². The van der Waals surface area contributed by atoms with Crippen LogP contribution in [0.15, 0.2) is 125 Å². The highest BCUT2D eigenvalue weighted by Crippen LogP contribution is 2.34. The zero-order valence-corrected chi connectivity index (χ0v) is 56.7. The number of aldehydes is 1. The zero-order chi connectivity index (χ0) is 73.7. The first kappa shape index (κ1) is 80.9. The molecule has 4 unspecified atom stereocenters. The molecule has 0 bridgehead atoms. The van der Waals surface area contributed by atoms with Gasteiger partial charge < -0.3 is 62.8 Å². The van der Waals surface area contributed by atoms with Gasteiger partial charge in [0.15, 0.2) is 12.2 Å². The molecule has 0 spiro atoms. The van der Waals surface area contributed by atoms with Crippen LogP contribution in [0.3, 0.4) is 0 Å². The van der Waals surface area contributed by atoms with Gasteiger partial charge in [0.05, 0.1) is 78.0 Å². The quantitative estimate of drug-likeness (QED) is 0.0121. The molecule has 8 heterocycles. The largest absolute Gasteiger partial charge is 0.481 e. The second kappa shape index (κ2) is 41.5. The van der Waals surface area contributed by atoms with Gasteiger partial charge in [-0.25, -0.2) is 29.5 Å². The normalized spacial score (nSPS) is 13.8.